The summed E-state index contributed by atoms with van der Waals surface area (Å²) >= 11 is 0. The van der Waals surface area contributed by atoms with Gasteiger partial charge in [-0.15, -0.1) is 5.92 Å². The summed E-state index contributed by atoms with van der Waals surface area (Å²) in [6.45, 7) is 7.82. The second-order valence-corrected chi connectivity index (χ2v) is 3.61. The van der Waals surface area contributed by atoms with Crippen molar-refractivity contribution in [2.45, 2.75) is 33.8 Å². The molecular formula is C13H16O. The Morgan fingerprint density at radius 2 is 1.64 bits per heavy atom. The molecule has 0 aliphatic heterocycles. The van der Waals surface area contributed by atoms with Gasteiger partial charge in [-0.05, 0) is 44.4 Å². The maximum Gasteiger partial charge on any atom is 0.140 e. The molecule has 1 nitrogen and oxygen atoms in total. The van der Waals surface area contributed by atoms with Gasteiger partial charge >= 0.3 is 0 Å². The zero-order valence-corrected chi connectivity index (χ0v) is 9.18. The Labute approximate surface area is 85.8 Å². The van der Waals surface area contributed by atoms with Crippen LogP contribution >= 0.6 is 0 Å². The van der Waals surface area contributed by atoms with Gasteiger partial charge in [0.15, 0.2) is 0 Å². The lowest BCUT2D eigenvalue weighted by Crippen LogP contribution is -2.01. The summed E-state index contributed by atoms with van der Waals surface area (Å²) in [4.78, 5) is 0. The summed E-state index contributed by atoms with van der Waals surface area (Å²) < 4.78 is 0. The number of hydrogen-bond donors (Lipinski definition) is 1. The fraction of sp³-hybridized carbons (Fsp3) is 0.385. The van der Waals surface area contributed by atoms with Gasteiger partial charge in [0.05, 0.1) is 0 Å². The lowest BCUT2D eigenvalue weighted by Gasteiger charge is -2.12. The Morgan fingerprint density at radius 3 is 2.07 bits per heavy atom. The molecule has 0 fully saturated rings. The van der Waals surface area contributed by atoms with Crippen LogP contribution in [0.5, 0.6) is 0 Å². The van der Waals surface area contributed by atoms with Crippen molar-refractivity contribution in [1.82, 2.24) is 0 Å². The fourth-order valence-corrected chi connectivity index (χ4v) is 1.83. The first-order valence-corrected chi connectivity index (χ1v) is 4.74. The maximum atomic E-state index is 9.80. The summed E-state index contributed by atoms with van der Waals surface area (Å²) in [5, 5.41) is 9.80. The lowest BCUT2D eigenvalue weighted by atomic mass is 9.96. The quantitative estimate of drug-likeness (QED) is 0.672. The number of benzene rings is 1. The van der Waals surface area contributed by atoms with Gasteiger partial charge in [0.2, 0.25) is 0 Å². The molecule has 0 aliphatic rings. The number of aryl methyl sites for hydroxylation is 3. The second-order valence-electron chi connectivity index (χ2n) is 3.61. The van der Waals surface area contributed by atoms with Gasteiger partial charge in [0, 0.05) is 0 Å². The molecule has 1 atom stereocenters. The second kappa shape index (κ2) is 4.30. The topological polar surface area (TPSA) is 20.2 Å². The summed E-state index contributed by atoms with van der Waals surface area (Å²) in [6.07, 6.45) is -0.652. The van der Waals surface area contributed by atoms with Gasteiger partial charge in [-0.2, -0.15) is 0 Å². The first-order chi connectivity index (χ1) is 6.56. The lowest BCUT2D eigenvalue weighted by molar-refractivity contribution is 0.237. The maximum absolute atomic E-state index is 9.80. The van der Waals surface area contributed by atoms with Crippen molar-refractivity contribution < 1.29 is 5.11 Å². The van der Waals surface area contributed by atoms with Gasteiger partial charge in [0.1, 0.15) is 6.10 Å². The van der Waals surface area contributed by atoms with Crippen LogP contribution in [0.2, 0.25) is 0 Å². The largest absolute Gasteiger partial charge is 0.376 e. The van der Waals surface area contributed by atoms with Crippen molar-refractivity contribution in [2.75, 3.05) is 0 Å². The molecule has 1 N–H and O–H groups in total. The molecule has 1 heteroatoms. The van der Waals surface area contributed by atoms with Crippen molar-refractivity contribution in [2.24, 2.45) is 0 Å². The van der Waals surface area contributed by atoms with Gasteiger partial charge in [-0.1, -0.05) is 23.6 Å². The highest BCUT2D eigenvalue weighted by molar-refractivity contribution is 5.41. The third kappa shape index (κ3) is 2.16. The highest BCUT2D eigenvalue weighted by Gasteiger charge is 2.10. The molecule has 0 saturated carbocycles. The minimum atomic E-state index is -0.652. The zero-order chi connectivity index (χ0) is 10.7. The van der Waals surface area contributed by atoms with Crippen LogP contribution in [0.4, 0.5) is 0 Å². The van der Waals surface area contributed by atoms with E-state index in [-0.39, 0.29) is 0 Å². The van der Waals surface area contributed by atoms with Crippen LogP contribution in [-0.2, 0) is 0 Å². The highest BCUT2D eigenvalue weighted by atomic mass is 16.3. The average Bonchev–Trinajstić information content (AvgIpc) is 2.01. The molecule has 0 aromatic heterocycles. The average molecular weight is 188 g/mol. The van der Waals surface area contributed by atoms with E-state index in [4.69, 9.17) is 0 Å². The molecule has 14 heavy (non-hydrogen) atoms. The van der Waals surface area contributed by atoms with Gasteiger partial charge in [-0.3, -0.25) is 0 Å². The van der Waals surface area contributed by atoms with Crippen LogP contribution in [-0.4, -0.2) is 5.11 Å². The number of hydrogen-bond acceptors (Lipinski definition) is 1. The summed E-state index contributed by atoms with van der Waals surface area (Å²) in [6, 6.07) is 4.14. The first kappa shape index (κ1) is 10.8. The fourth-order valence-electron chi connectivity index (χ4n) is 1.83. The molecule has 0 aliphatic carbocycles. The number of aliphatic hydroxyl groups is 1. The zero-order valence-electron chi connectivity index (χ0n) is 9.18. The first-order valence-electron chi connectivity index (χ1n) is 4.74. The van der Waals surface area contributed by atoms with Crippen molar-refractivity contribution in [3.8, 4) is 11.8 Å². The molecule has 1 rings (SSSR count). The molecular weight excluding hydrogens is 172 g/mol. The van der Waals surface area contributed by atoms with Crippen LogP contribution in [0, 0.1) is 32.6 Å². The Bertz CT molecular complexity index is 370. The number of aliphatic hydroxyl groups excluding tert-OH is 1. The van der Waals surface area contributed by atoms with E-state index in [1.807, 2.05) is 13.8 Å². The number of rotatable bonds is 1. The van der Waals surface area contributed by atoms with E-state index in [1.54, 1.807) is 6.92 Å². The van der Waals surface area contributed by atoms with E-state index in [2.05, 4.69) is 30.9 Å². The molecule has 0 spiro atoms. The smallest absolute Gasteiger partial charge is 0.140 e. The Balaban J connectivity index is 3.25. The third-order valence-electron chi connectivity index (χ3n) is 2.29. The minimum Gasteiger partial charge on any atom is -0.376 e. The van der Waals surface area contributed by atoms with Crippen LogP contribution < -0.4 is 0 Å². The van der Waals surface area contributed by atoms with Crippen LogP contribution in [0.15, 0.2) is 12.1 Å². The Morgan fingerprint density at radius 1 is 1.14 bits per heavy atom. The van der Waals surface area contributed by atoms with E-state index in [9.17, 15) is 5.11 Å². The minimum absolute atomic E-state index is 0.652. The molecule has 0 heterocycles. The molecule has 0 amide bonds. The highest BCUT2D eigenvalue weighted by Crippen LogP contribution is 2.22. The van der Waals surface area contributed by atoms with Crippen LogP contribution in [0.25, 0.3) is 0 Å². The van der Waals surface area contributed by atoms with Gasteiger partial charge in [-0.25, -0.2) is 0 Å². The van der Waals surface area contributed by atoms with Crippen LogP contribution in [0.3, 0.4) is 0 Å². The van der Waals surface area contributed by atoms with Crippen molar-refractivity contribution >= 4 is 0 Å². The van der Waals surface area contributed by atoms with Crippen LogP contribution in [0.1, 0.15) is 35.3 Å². The Kier molecular flexibility index (Phi) is 3.33. The van der Waals surface area contributed by atoms with E-state index in [0.717, 1.165) is 16.7 Å². The SMILES string of the molecule is CC#CC(O)c1c(C)cc(C)cc1C. The van der Waals surface area contributed by atoms with Gasteiger partial charge in [0.25, 0.3) is 0 Å². The third-order valence-corrected chi connectivity index (χ3v) is 2.29. The molecule has 1 aromatic rings. The molecule has 0 saturated heterocycles. The molecule has 0 bridgehead atoms. The summed E-state index contributed by atoms with van der Waals surface area (Å²) in [5.74, 6) is 5.50. The molecule has 0 radical (unpaired) electrons. The predicted octanol–water partition coefficient (Wildman–Crippen LogP) is 2.67. The van der Waals surface area contributed by atoms with Gasteiger partial charge < -0.3 is 5.11 Å². The van der Waals surface area contributed by atoms with E-state index < -0.39 is 6.10 Å². The standard InChI is InChI=1S/C13H16O/c1-5-6-12(14)13-10(3)7-9(2)8-11(13)4/h7-8,12,14H,1-4H3. The van der Waals surface area contributed by atoms with Crippen molar-refractivity contribution in [3.63, 3.8) is 0 Å². The summed E-state index contributed by atoms with van der Waals surface area (Å²) in [5.41, 5.74) is 4.39. The van der Waals surface area contributed by atoms with Crippen molar-refractivity contribution in [3.05, 3.63) is 34.4 Å². The van der Waals surface area contributed by atoms with E-state index >= 15 is 0 Å². The molecule has 74 valence electrons. The monoisotopic (exact) mass is 188 g/mol. The Hall–Kier alpha value is -1.26. The molecule has 1 unspecified atom stereocenters. The van der Waals surface area contributed by atoms with E-state index in [0.29, 0.717) is 0 Å². The normalized spacial score (nSPS) is 11.8. The predicted molar refractivity (Wildman–Crippen MR) is 59.1 cm³/mol. The van der Waals surface area contributed by atoms with Crippen molar-refractivity contribution in [1.29, 1.82) is 0 Å². The van der Waals surface area contributed by atoms with E-state index in [1.165, 1.54) is 5.56 Å². The summed E-state index contributed by atoms with van der Waals surface area (Å²) in [7, 11) is 0. The molecule has 1 aromatic carbocycles.